The Morgan fingerprint density at radius 1 is 1.20 bits per heavy atom. The van der Waals surface area contributed by atoms with Gasteiger partial charge in [0, 0.05) is 44.8 Å². The lowest BCUT2D eigenvalue weighted by molar-refractivity contribution is 0.0778. The number of aryl methyl sites for hydroxylation is 1. The van der Waals surface area contributed by atoms with Gasteiger partial charge >= 0.3 is 0 Å². The maximum absolute atomic E-state index is 9.43. The molecule has 0 amide bonds. The summed E-state index contributed by atoms with van der Waals surface area (Å²) < 4.78 is 5.45. The van der Waals surface area contributed by atoms with Crippen molar-refractivity contribution in [3.8, 4) is 5.75 Å². The Balaban J connectivity index is 1.91. The first-order valence-corrected chi connectivity index (χ1v) is 7.35. The SMILES string of the molecule is COc1ccc(C)cc1CN1CCN(C[C@@H](C)O)CC1. The molecule has 0 radical (unpaired) electrons. The van der Waals surface area contributed by atoms with E-state index in [4.69, 9.17) is 4.74 Å². The van der Waals surface area contributed by atoms with Crippen LogP contribution in [0.4, 0.5) is 0 Å². The van der Waals surface area contributed by atoms with Crippen molar-refractivity contribution in [2.24, 2.45) is 0 Å². The minimum Gasteiger partial charge on any atom is -0.496 e. The molecule has 1 aliphatic rings. The van der Waals surface area contributed by atoms with Crippen molar-refractivity contribution in [2.45, 2.75) is 26.5 Å². The highest BCUT2D eigenvalue weighted by molar-refractivity contribution is 5.36. The average Bonchev–Trinajstić information content (AvgIpc) is 2.41. The van der Waals surface area contributed by atoms with Crippen molar-refractivity contribution in [1.82, 2.24) is 9.80 Å². The summed E-state index contributed by atoms with van der Waals surface area (Å²) in [4.78, 5) is 4.78. The van der Waals surface area contributed by atoms with E-state index < -0.39 is 0 Å². The zero-order chi connectivity index (χ0) is 14.5. The van der Waals surface area contributed by atoms with Crippen molar-refractivity contribution in [3.63, 3.8) is 0 Å². The monoisotopic (exact) mass is 278 g/mol. The summed E-state index contributed by atoms with van der Waals surface area (Å²) in [5.41, 5.74) is 2.53. The van der Waals surface area contributed by atoms with Crippen LogP contribution < -0.4 is 4.74 Å². The summed E-state index contributed by atoms with van der Waals surface area (Å²) in [5.74, 6) is 0.974. The van der Waals surface area contributed by atoms with E-state index in [1.165, 1.54) is 11.1 Å². The zero-order valence-corrected chi connectivity index (χ0v) is 12.8. The van der Waals surface area contributed by atoms with E-state index in [1.807, 2.05) is 13.0 Å². The fourth-order valence-corrected chi connectivity index (χ4v) is 2.78. The van der Waals surface area contributed by atoms with Gasteiger partial charge < -0.3 is 9.84 Å². The molecule has 0 bridgehead atoms. The third-order valence-electron chi connectivity index (χ3n) is 3.82. The molecule has 4 nitrogen and oxygen atoms in total. The van der Waals surface area contributed by atoms with Gasteiger partial charge in [-0.3, -0.25) is 9.80 Å². The highest BCUT2D eigenvalue weighted by atomic mass is 16.5. The second-order valence-electron chi connectivity index (χ2n) is 5.74. The first-order valence-electron chi connectivity index (χ1n) is 7.35. The minimum absolute atomic E-state index is 0.238. The predicted molar refractivity (Wildman–Crippen MR) is 81.1 cm³/mol. The van der Waals surface area contributed by atoms with Crippen molar-refractivity contribution in [3.05, 3.63) is 29.3 Å². The van der Waals surface area contributed by atoms with Crippen LogP contribution >= 0.6 is 0 Å². The first kappa shape index (κ1) is 15.3. The molecule has 0 saturated carbocycles. The lowest BCUT2D eigenvalue weighted by atomic mass is 10.1. The number of hydrogen-bond donors (Lipinski definition) is 1. The number of piperazine rings is 1. The van der Waals surface area contributed by atoms with Crippen LogP contribution in [-0.4, -0.2) is 60.8 Å². The van der Waals surface area contributed by atoms with E-state index in [-0.39, 0.29) is 6.10 Å². The molecule has 20 heavy (non-hydrogen) atoms. The Kier molecular flexibility index (Phi) is 5.40. The van der Waals surface area contributed by atoms with Gasteiger partial charge in [0.25, 0.3) is 0 Å². The molecule has 112 valence electrons. The topological polar surface area (TPSA) is 35.9 Å². The van der Waals surface area contributed by atoms with E-state index in [2.05, 4.69) is 28.9 Å². The molecule has 1 fully saturated rings. The zero-order valence-electron chi connectivity index (χ0n) is 12.8. The molecule has 1 aromatic rings. The molecule has 1 saturated heterocycles. The molecule has 1 aliphatic heterocycles. The quantitative estimate of drug-likeness (QED) is 0.885. The summed E-state index contributed by atoms with van der Waals surface area (Å²) in [6, 6.07) is 6.35. The highest BCUT2D eigenvalue weighted by Crippen LogP contribution is 2.21. The third-order valence-corrected chi connectivity index (χ3v) is 3.82. The normalized spacial score (nSPS) is 19.0. The minimum atomic E-state index is -0.238. The van der Waals surface area contributed by atoms with Crippen LogP contribution in [0.1, 0.15) is 18.1 Å². The molecule has 0 aliphatic carbocycles. The summed E-state index contributed by atoms with van der Waals surface area (Å²) in [6.07, 6.45) is -0.238. The molecule has 1 aromatic carbocycles. The maximum Gasteiger partial charge on any atom is 0.123 e. The van der Waals surface area contributed by atoms with Gasteiger partial charge in [-0.1, -0.05) is 17.7 Å². The standard InChI is InChI=1S/C16H26N2O2/c1-13-4-5-16(20-3)15(10-13)12-18-8-6-17(7-9-18)11-14(2)19/h4-5,10,14,19H,6-9,11-12H2,1-3H3/t14-/m1/s1. The van der Waals surface area contributed by atoms with Gasteiger partial charge in [-0.05, 0) is 19.9 Å². The Morgan fingerprint density at radius 3 is 2.45 bits per heavy atom. The van der Waals surface area contributed by atoms with E-state index in [9.17, 15) is 5.11 Å². The van der Waals surface area contributed by atoms with Crippen LogP contribution in [0.15, 0.2) is 18.2 Å². The average molecular weight is 278 g/mol. The lowest BCUT2D eigenvalue weighted by Crippen LogP contribution is -2.47. The molecule has 1 heterocycles. The molecule has 2 rings (SSSR count). The van der Waals surface area contributed by atoms with Gasteiger partial charge in [0.05, 0.1) is 13.2 Å². The summed E-state index contributed by atoms with van der Waals surface area (Å²) in [5, 5.41) is 9.43. The molecule has 0 aromatic heterocycles. The van der Waals surface area contributed by atoms with Crippen LogP contribution in [0.5, 0.6) is 5.75 Å². The molecular formula is C16H26N2O2. The number of benzene rings is 1. The summed E-state index contributed by atoms with van der Waals surface area (Å²) in [7, 11) is 1.73. The number of rotatable bonds is 5. The number of aliphatic hydroxyl groups is 1. The molecule has 1 N–H and O–H groups in total. The third kappa shape index (κ3) is 4.20. The summed E-state index contributed by atoms with van der Waals surface area (Å²) >= 11 is 0. The number of methoxy groups -OCH3 is 1. The van der Waals surface area contributed by atoms with Gasteiger partial charge in [0.2, 0.25) is 0 Å². The van der Waals surface area contributed by atoms with Crippen LogP contribution in [0.2, 0.25) is 0 Å². The number of hydrogen-bond acceptors (Lipinski definition) is 4. The number of nitrogens with zero attached hydrogens (tertiary/aromatic N) is 2. The molecule has 0 unspecified atom stereocenters. The molecule has 0 spiro atoms. The lowest BCUT2D eigenvalue weighted by Gasteiger charge is -2.35. The Hall–Kier alpha value is -1.10. The van der Waals surface area contributed by atoms with Crippen LogP contribution in [-0.2, 0) is 6.54 Å². The van der Waals surface area contributed by atoms with Gasteiger partial charge in [-0.2, -0.15) is 0 Å². The van der Waals surface area contributed by atoms with E-state index in [1.54, 1.807) is 7.11 Å². The Bertz CT molecular complexity index is 426. The van der Waals surface area contributed by atoms with Crippen LogP contribution in [0.3, 0.4) is 0 Å². The van der Waals surface area contributed by atoms with Gasteiger partial charge in [0.1, 0.15) is 5.75 Å². The van der Waals surface area contributed by atoms with Crippen molar-refractivity contribution >= 4 is 0 Å². The number of β-amino-alcohol motifs (C(OH)–C–C–N with tert-alkyl or cyclic N) is 1. The fraction of sp³-hybridized carbons (Fsp3) is 0.625. The second-order valence-corrected chi connectivity index (χ2v) is 5.74. The number of ether oxygens (including phenoxy) is 1. The highest BCUT2D eigenvalue weighted by Gasteiger charge is 2.18. The van der Waals surface area contributed by atoms with E-state index in [0.29, 0.717) is 0 Å². The van der Waals surface area contributed by atoms with Crippen LogP contribution in [0.25, 0.3) is 0 Å². The van der Waals surface area contributed by atoms with Gasteiger partial charge in [-0.25, -0.2) is 0 Å². The van der Waals surface area contributed by atoms with E-state index >= 15 is 0 Å². The fourth-order valence-electron chi connectivity index (χ4n) is 2.78. The first-order chi connectivity index (χ1) is 9.58. The van der Waals surface area contributed by atoms with Crippen molar-refractivity contribution in [2.75, 3.05) is 39.8 Å². The molecular weight excluding hydrogens is 252 g/mol. The number of aliphatic hydroxyl groups excluding tert-OH is 1. The largest absolute Gasteiger partial charge is 0.496 e. The molecule has 4 heteroatoms. The van der Waals surface area contributed by atoms with Crippen LogP contribution in [0, 0.1) is 6.92 Å². The molecule has 1 atom stereocenters. The van der Waals surface area contributed by atoms with Gasteiger partial charge in [-0.15, -0.1) is 0 Å². The van der Waals surface area contributed by atoms with E-state index in [0.717, 1.165) is 45.0 Å². The Labute approximate surface area is 122 Å². The van der Waals surface area contributed by atoms with Gasteiger partial charge in [0.15, 0.2) is 0 Å². The smallest absolute Gasteiger partial charge is 0.123 e. The van der Waals surface area contributed by atoms with Crippen molar-refractivity contribution in [1.29, 1.82) is 0 Å². The maximum atomic E-state index is 9.43. The Morgan fingerprint density at radius 2 is 1.85 bits per heavy atom. The summed E-state index contributed by atoms with van der Waals surface area (Å²) in [6.45, 7) is 9.83. The predicted octanol–water partition coefficient (Wildman–Crippen LogP) is 1.50. The van der Waals surface area contributed by atoms with Crippen molar-refractivity contribution < 1.29 is 9.84 Å². The second kappa shape index (κ2) is 7.07.